The summed E-state index contributed by atoms with van der Waals surface area (Å²) < 4.78 is 14.8. The Hall–Kier alpha value is -2.86. The Bertz CT molecular complexity index is 696. The second-order valence-corrected chi connectivity index (χ2v) is 4.88. The van der Waals surface area contributed by atoms with Gasteiger partial charge in [0.05, 0.1) is 12.2 Å². The molecule has 0 spiro atoms. The van der Waals surface area contributed by atoms with Crippen LogP contribution in [0.25, 0.3) is 0 Å². The third kappa shape index (κ3) is 4.82. The number of carbonyl (C=O) groups excluding carboxylic acids is 2. The van der Waals surface area contributed by atoms with Crippen molar-refractivity contribution in [3.8, 4) is 11.5 Å². The number of hydrogen-bond acceptors (Lipinski definition) is 6. The number of hydrogen-bond donors (Lipinski definition) is 1. The van der Waals surface area contributed by atoms with E-state index < -0.39 is 5.97 Å². The highest BCUT2D eigenvalue weighted by molar-refractivity contribution is 6.10. The maximum absolute atomic E-state index is 12.3. The van der Waals surface area contributed by atoms with Gasteiger partial charge in [0.1, 0.15) is 18.1 Å². The normalized spacial score (nSPS) is 10.2. The molecule has 1 N–H and O–H groups in total. The Morgan fingerprint density at radius 3 is 2.46 bits per heavy atom. The molecule has 24 heavy (non-hydrogen) atoms. The molecule has 2 rings (SSSR count). The topological polar surface area (TPSA) is 82.1 Å². The number of benzene rings is 2. The predicted octanol–water partition coefficient (Wildman–Crippen LogP) is 2.19. The van der Waals surface area contributed by atoms with Crippen LogP contribution in [0.15, 0.2) is 48.5 Å². The SMILES string of the molecule is COCCOC(=O)COc1ccc(C(=O)c2ccccc2)c(O)c1. The van der Waals surface area contributed by atoms with E-state index in [9.17, 15) is 14.7 Å². The number of esters is 1. The lowest BCUT2D eigenvalue weighted by molar-refractivity contribution is -0.147. The molecule has 0 unspecified atom stereocenters. The zero-order valence-electron chi connectivity index (χ0n) is 13.2. The molecule has 0 aromatic heterocycles. The van der Waals surface area contributed by atoms with Gasteiger partial charge in [-0.3, -0.25) is 4.79 Å². The summed E-state index contributed by atoms with van der Waals surface area (Å²) in [4.78, 5) is 23.7. The first-order valence-corrected chi connectivity index (χ1v) is 7.32. The smallest absolute Gasteiger partial charge is 0.344 e. The molecule has 0 radical (unpaired) electrons. The molecule has 6 heteroatoms. The van der Waals surface area contributed by atoms with Crippen LogP contribution in [-0.4, -0.2) is 43.8 Å². The standard InChI is InChI=1S/C18H18O6/c1-22-9-10-23-17(20)12-24-14-7-8-15(16(19)11-14)18(21)13-5-3-2-4-6-13/h2-8,11,19H,9-10,12H2,1H3. The first kappa shape index (κ1) is 17.5. The van der Waals surface area contributed by atoms with E-state index in [1.165, 1.54) is 25.3 Å². The summed E-state index contributed by atoms with van der Waals surface area (Å²) in [5, 5.41) is 10.0. The van der Waals surface area contributed by atoms with Gasteiger partial charge in [-0.15, -0.1) is 0 Å². The van der Waals surface area contributed by atoms with Gasteiger partial charge >= 0.3 is 5.97 Å². The summed E-state index contributed by atoms with van der Waals surface area (Å²) in [6.07, 6.45) is 0. The van der Waals surface area contributed by atoms with E-state index in [0.29, 0.717) is 12.2 Å². The second kappa shape index (κ2) is 8.69. The van der Waals surface area contributed by atoms with Crippen LogP contribution < -0.4 is 4.74 Å². The summed E-state index contributed by atoms with van der Waals surface area (Å²) in [7, 11) is 1.51. The van der Waals surface area contributed by atoms with Gasteiger partial charge in [0.15, 0.2) is 12.4 Å². The van der Waals surface area contributed by atoms with E-state index in [1.807, 2.05) is 0 Å². The van der Waals surface area contributed by atoms with E-state index in [2.05, 4.69) is 0 Å². The van der Waals surface area contributed by atoms with E-state index in [-0.39, 0.29) is 36.1 Å². The Morgan fingerprint density at radius 1 is 1.04 bits per heavy atom. The van der Waals surface area contributed by atoms with E-state index in [1.54, 1.807) is 30.3 Å². The summed E-state index contributed by atoms with van der Waals surface area (Å²) in [5.41, 5.74) is 0.638. The quantitative estimate of drug-likeness (QED) is 0.454. The van der Waals surface area contributed by atoms with Crippen LogP contribution in [0.4, 0.5) is 0 Å². The predicted molar refractivity (Wildman–Crippen MR) is 86.3 cm³/mol. The lowest BCUT2D eigenvalue weighted by Crippen LogP contribution is -2.17. The van der Waals surface area contributed by atoms with Crippen LogP contribution in [0.5, 0.6) is 11.5 Å². The van der Waals surface area contributed by atoms with Gasteiger partial charge in [-0.2, -0.15) is 0 Å². The monoisotopic (exact) mass is 330 g/mol. The van der Waals surface area contributed by atoms with Crippen LogP contribution >= 0.6 is 0 Å². The van der Waals surface area contributed by atoms with Gasteiger partial charge in [-0.25, -0.2) is 4.79 Å². The molecule has 0 aliphatic heterocycles. The molecule has 0 bridgehead atoms. The van der Waals surface area contributed by atoms with Crippen molar-refractivity contribution >= 4 is 11.8 Å². The summed E-state index contributed by atoms with van der Waals surface area (Å²) >= 11 is 0. The maximum atomic E-state index is 12.3. The zero-order chi connectivity index (χ0) is 17.4. The summed E-state index contributed by atoms with van der Waals surface area (Å²) in [6, 6.07) is 12.9. The molecular formula is C18H18O6. The van der Waals surface area contributed by atoms with Crippen molar-refractivity contribution in [1.29, 1.82) is 0 Å². The highest BCUT2D eigenvalue weighted by Crippen LogP contribution is 2.25. The Labute approximate surface area is 139 Å². The van der Waals surface area contributed by atoms with Crippen molar-refractivity contribution < 1.29 is 28.9 Å². The Balaban J connectivity index is 1.97. The molecule has 0 heterocycles. The molecule has 0 fully saturated rings. The van der Waals surface area contributed by atoms with Crippen molar-refractivity contribution in [3.63, 3.8) is 0 Å². The van der Waals surface area contributed by atoms with Crippen LogP contribution in [0.2, 0.25) is 0 Å². The third-order valence-corrected chi connectivity index (χ3v) is 3.16. The Kier molecular flexibility index (Phi) is 6.33. The number of ketones is 1. The van der Waals surface area contributed by atoms with Gasteiger partial charge in [-0.05, 0) is 12.1 Å². The van der Waals surface area contributed by atoms with Gasteiger partial charge in [0, 0.05) is 18.7 Å². The number of rotatable bonds is 8. The second-order valence-electron chi connectivity index (χ2n) is 4.88. The minimum atomic E-state index is -0.545. The first-order valence-electron chi connectivity index (χ1n) is 7.32. The molecular weight excluding hydrogens is 312 g/mol. The minimum Gasteiger partial charge on any atom is -0.507 e. The lowest BCUT2D eigenvalue weighted by Gasteiger charge is -2.09. The molecule has 2 aromatic rings. The number of phenolic OH excluding ortho intramolecular Hbond substituents is 1. The summed E-state index contributed by atoms with van der Waals surface area (Å²) in [5.74, 6) is -0.787. The molecule has 0 aliphatic carbocycles. The van der Waals surface area contributed by atoms with Gasteiger partial charge in [-0.1, -0.05) is 30.3 Å². The van der Waals surface area contributed by atoms with Crippen LogP contribution in [0.3, 0.4) is 0 Å². The largest absolute Gasteiger partial charge is 0.507 e. The molecule has 0 aliphatic rings. The van der Waals surface area contributed by atoms with E-state index >= 15 is 0 Å². The fraction of sp³-hybridized carbons (Fsp3) is 0.222. The molecule has 6 nitrogen and oxygen atoms in total. The highest BCUT2D eigenvalue weighted by atomic mass is 16.6. The number of aromatic hydroxyl groups is 1. The fourth-order valence-corrected chi connectivity index (χ4v) is 1.96. The number of ether oxygens (including phenoxy) is 3. The average Bonchev–Trinajstić information content (AvgIpc) is 2.60. The van der Waals surface area contributed by atoms with Crippen molar-refractivity contribution in [2.24, 2.45) is 0 Å². The van der Waals surface area contributed by atoms with Crippen LogP contribution in [0.1, 0.15) is 15.9 Å². The van der Waals surface area contributed by atoms with E-state index in [4.69, 9.17) is 14.2 Å². The first-order chi connectivity index (χ1) is 11.6. The summed E-state index contributed by atoms with van der Waals surface area (Å²) in [6.45, 7) is 0.159. The molecule has 2 aromatic carbocycles. The maximum Gasteiger partial charge on any atom is 0.344 e. The third-order valence-electron chi connectivity index (χ3n) is 3.16. The molecule has 126 valence electrons. The average molecular weight is 330 g/mol. The van der Waals surface area contributed by atoms with Gasteiger partial charge in [0.2, 0.25) is 0 Å². The lowest BCUT2D eigenvalue weighted by atomic mass is 10.0. The van der Waals surface area contributed by atoms with Crippen molar-refractivity contribution in [2.45, 2.75) is 0 Å². The highest BCUT2D eigenvalue weighted by Gasteiger charge is 2.14. The van der Waals surface area contributed by atoms with E-state index in [0.717, 1.165) is 0 Å². The molecule has 0 amide bonds. The Morgan fingerprint density at radius 2 is 1.79 bits per heavy atom. The number of carbonyl (C=O) groups is 2. The fourth-order valence-electron chi connectivity index (χ4n) is 1.96. The van der Waals surface area contributed by atoms with Crippen molar-refractivity contribution in [1.82, 2.24) is 0 Å². The van der Waals surface area contributed by atoms with Crippen LogP contribution in [-0.2, 0) is 14.3 Å². The van der Waals surface area contributed by atoms with Crippen LogP contribution in [0, 0.1) is 0 Å². The van der Waals surface area contributed by atoms with Gasteiger partial charge < -0.3 is 19.3 Å². The molecule has 0 saturated heterocycles. The van der Waals surface area contributed by atoms with Gasteiger partial charge in [0.25, 0.3) is 0 Å². The molecule has 0 saturated carbocycles. The van der Waals surface area contributed by atoms with Crippen molar-refractivity contribution in [2.75, 3.05) is 26.9 Å². The zero-order valence-corrected chi connectivity index (χ0v) is 13.2. The number of phenols is 1. The van der Waals surface area contributed by atoms with Crippen molar-refractivity contribution in [3.05, 3.63) is 59.7 Å². The minimum absolute atomic E-state index is 0.147. The molecule has 0 atom stereocenters. The number of methoxy groups -OCH3 is 1.